The molecule has 0 unspecified atom stereocenters. The highest BCUT2D eigenvalue weighted by atomic mass is 16.5. The molecule has 0 spiro atoms. The van der Waals surface area contributed by atoms with Crippen molar-refractivity contribution in [2.75, 3.05) is 50.8 Å². The van der Waals surface area contributed by atoms with Gasteiger partial charge in [-0.1, -0.05) is 25.1 Å². The van der Waals surface area contributed by atoms with Gasteiger partial charge in [-0.3, -0.25) is 14.8 Å². The van der Waals surface area contributed by atoms with E-state index >= 15 is 0 Å². The first-order chi connectivity index (χ1) is 14.3. The number of benzene rings is 1. The third-order valence-corrected chi connectivity index (χ3v) is 6.22. The summed E-state index contributed by atoms with van der Waals surface area (Å²) in [6, 6.07) is 14.0. The Bertz CT molecular complexity index is 730. The van der Waals surface area contributed by atoms with Gasteiger partial charge < -0.3 is 9.64 Å². The Kier molecular flexibility index (Phi) is 7.14. The van der Waals surface area contributed by atoms with Gasteiger partial charge in [0.2, 0.25) is 0 Å². The normalized spacial score (nSPS) is 20.5. The maximum Gasteiger partial charge on any atom is 0.0642 e. The lowest BCUT2D eigenvalue weighted by Crippen LogP contribution is -2.39. The molecule has 3 heterocycles. The minimum Gasteiger partial charge on any atom is -0.378 e. The number of morpholine rings is 1. The zero-order valence-corrected chi connectivity index (χ0v) is 17.7. The van der Waals surface area contributed by atoms with Crippen LogP contribution in [-0.2, 0) is 17.8 Å². The summed E-state index contributed by atoms with van der Waals surface area (Å²) in [6.45, 7) is 11.4. The van der Waals surface area contributed by atoms with Gasteiger partial charge >= 0.3 is 0 Å². The molecule has 4 rings (SSSR count). The molecule has 0 radical (unpaired) electrons. The number of ether oxygens (including phenoxy) is 1. The van der Waals surface area contributed by atoms with Crippen LogP contribution in [0.15, 0.2) is 48.8 Å². The molecule has 2 aromatic rings. The quantitative estimate of drug-likeness (QED) is 0.685. The Morgan fingerprint density at radius 2 is 1.83 bits per heavy atom. The number of hydrogen-bond donors (Lipinski definition) is 0. The van der Waals surface area contributed by atoms with E-state index in [1.54, 1.807) is 0 Å². The summed E-state index contributed by atoms with van der Waals surface area (Å²) in [5.41, 5.74) is 3.98. The zero-order chi connectivity index (χ0) is 19.9. The van der Waals surface area contributed by atoms with Gasteiger partial charge in [0.05, 0.1) is 13.2 Å². The van der Waals surface area contributed by atoms with Crippen LogP contribution in [0.5, 0.6) is 0 Å². The van der Waals surface area contributed by atoms with Crippen LogP contribution in [0.4, 0.5) is 5.69 Å². The van der Waals surface area contributed by atoms with E-state index in [9.17, 15) is 0 Å². The molecule has 2 saturated heterocycles. The predicted octanol–water partition coefficient (Wildman–Crippen LogP) is 3.40. The third kappa shape index (κ3) is 5.56. The van der Waals surface area contributed by atoms with Crippen LogP contribution in [0, 0.1) is 0 Å². The second kappa shape index (κ2) is 10.2. The number of likely N-dealkylation sites (N-methyl/N-ethyl adjacent to an activating group) is 1. The zero-order valence-electron chi connectivity index (χ0n) is 17.7. The molecule has 1 aromatic carbocycles. The van der Waals surface area contributed by atoms with Crippen molar-refractivity contribution in [3.05, 3.63) is 59.9 Å². The molecule has 2 aliphatic rings. The second-order valence-corrected chi connectivity index (χ2v) is 8.22. The van der Waals surface area contributed by atoms with Gasteiger partial charge in [0.1, 0.15) is 0 Å². The first-order valence-corrected chi connectivity index (χ1v) is 11.1. The summed E-state index contributed by atoms with van der Waals surface area (Å²) in [4.78, 5) is 12.0. The summed E-state index contributed by atoms with van der Waals surface area (Å²) < 4.78 is 5.48. The molecular weight excluding hydrogens is 360 g/mol. The van der Waals surface area contributed by atoms with E-state index < -0.39 is 0 Å². The molecule has 0 amide bonds. The van der Waals surface area contributed by atoms with Crippen LogP contribution in [0.25, 0.3) is 0 Å². The van der Waals surface area contributed by atoms with Gasteiger partial charge in [0.25, 0.3) is 0 Å². The Labute approximate surface area is 175 Å². The standard InChI is InChI=1S/C24H34N4O/c1-2-27-12-4-6-24(27)20-26(19-22-5-3-11-25-17-22)18-21-7-9-23(10-8-21)28-13-15-29-16-14-28/h3,5,7-11,17,24H,2,4,6,12-16,18-20H2,1H3/t24-/m0/s1. The molecule has 5 heteroatoms. The second-order valence-electron chi connectivity index (χ2n) is 8.22. The molecule has 2 fully saturated rings. The van der Waals surface area contributed by atoms with Crippen LogP contribution in [-0.4, -0.2) is 66.8 Å². The van der Waals surface area contributed by atoms with E-state index in [1.165, 1.54) is 36.2 Å². The van der Waals surface area contributed by atoms with Crippen molar-refractivity contribution in [3.63, 3.8) is 0 Å². The minimum atomic E-state index is 0.671. The van der Waals surface area contributed by atoms with Gasteiger partial charge in [0.15, 0.2) is 0 Å². The van der Waals surface area contributed by atoms with Crippen molar-refractivity contribution >= 4 is 5.69 Å². The molecular formula is C24H34N4O. The first kappa shape index (κ1) is 20.3. The van der Waals surface area contributed by atoms with Crippen molar-refractivity contribution in [1.82, 2.24) is 14.8 Å². The first-order valence-electron chi connectivity index (χ1n) is 11.1. The van der Waals surface area contributed by atoms with Crippen LogP contribution in [0.2, 0.25) is 0 Å². The molecule has 2 aliphatic heterocycles. The fourth-order valence-electron chi connectivity index (χ4n) is 4.64. The molecule has 1 atom stereocenters. The molecule has 156 valence electrons. The monoisotopic (exact) mass is 394 g/mol. The van der Waals surface area contributed by atoms with Crippen molar-refractivity contribution in [1.29, 1.82) is 0 Å². The highest BCUT2D eigenvalue weighted by Crippen LogP contribution is 2.21. The number of hydrogen-bond acceptors (Lipinski definition) is 5. The molecule has 0 saturated carbocycles. The predicted molar refractivity (Wildman–Crippen MR) is 118 cm³/mol. The average molecular weight is 395 g/mol. The summed E-state index contributed by atoms with van der Waals surface area (Å²) in [5.74, 6) is 0. The van der Waals surface area contributed by atoms with Crippen molar-refractivity contribution in [3.8, 4) is 0 Å². The highest BCUT2D eigenvalue weighted by molar-refractivity contribution is 5.47. The van der Waals surface area contributed by atoms with Crippen LogP contribution in [0.1, 0.15) is 30.9 Å². The lowest BCUT2D eigenvalue weighted by Gasteiger charge is -2.31. The van der Waals surface area contributed by atoms with Gasteiger partial charge in [-0.15, -0.1) is 0 Å². The Hall–Kier alpha value is -1.95. The van der Waals surface area contributed by atoms with E-state index in [2.05, 4.69) is 56.9 Å². The molecule has 0 aliphatic carbocycles. The smallest absolute Gasteiger partial charge is 0.0642 e. The van der Waals surface area contributed by atoms with Crippen molar-refractivity contribution < 1.29 is 4.74 Å². The van der Waals surface area contributed by atoms with E-state index in [0.29, 0.717) is 6.04 Å². The molecule has 0 bridgehead atoms. The third-order valence-electron chi connectivity index (χ3n) is 6.22. The van der Waals surface area contributed by atoms with Crippen LogP contribution >= 0.6 is 0 Å². The Morgan fingerprint density at radius 1 is 1.03 bits per heavy atom. The maximum absolute atomic E-state index is 5.48. The number of pyridine rings is 1. The molecule has 0 N–H and O–H groups in total. The van der Waals surface area contributed by atoms with Gasteiger partial charge in [0, 0.05) is 56.8 Å². The van der Waals surface area contributed by atoms with E-state index in [4.69, 9.17) is 4.74 Å². The van der Waals surface area contributed by atoms with Crippen molar-refractivity contribution in [2.24, 2.45) is 0 Å². The van der Waals surface area contributed by atoms with Gasteiger partial charge in [-0.05, 0) is 55.3 Å². The minimum absolute atomic E-state index is 0.671. The lowest BCUT2D eigenvalue weighted by molar-refractivity contribution is 0.122. The Balaban J connectivity index is 1.43. The number of likely N-dealkylation sites (tertiary alicyclic amines) is 1. The molecule has 1 aromatic heterocycles. The summed E-state index contributed by atoms with van der Waals surface area (Å²) in [6.07, 6.45) is 6.50. The molecule has 29 heavy (non-hydrogen) atoms. The number of aromatic nitrogens is 1. The lowest BCUT2D eigenvalue weighted by atomic mass is 10.1. The highest BCUT2D eigenvalue weighted by Gasteiger charge is 2.25. The maximum atomic E-state index is 5.48. The topological polar surface area (TPSA) is 31.8 Å². The summed E-state index contributed by atoms with van der Waals surface area (Å²) in [7, 11) is 0. The van der Waals surface area contributed by atoms with Crippen LogP contribution < -0.4 is 4.90 Å². The largest absolute Gasteiger partial charge is 0.378 e. The van der Waals surface area contributed by atoms with E-state index in [0.717, 1.165) is 52.5 Å². The Morgan fingerprint density at radius 3 is 2.55 bits per heavy atom. The van der Waals surface area contributed by atoms with Crippen LogP contribution in [0.3, 0.4) is 0 Å². The van der Waals surface area contributed by atoms with E-state index in [-0.39, 0.29) is 0 Å². The number of anilines is 1. The SMILES string of the molecule is CCN1CCC[C@H]1CN(Cc1ccc(N2CCOCC2)cc1)Cc1cccnc1. The fourth-order valence-corrected chi connectivity index (χ4v) is 4.64. The van der Waals surface area contributed by atoms with E-state index in [1.807, 2.05) is 18.5 Å². The fraction of sp³-hybridized carbons (Fsp3) is 0.542. The van der Waals surface area contributed by atoms with Gasteiger partial charge in [-0.25, -0.2) is 0 Å². The average Bonchev–Trinajstić information content (AvgIpc) is 3.23. The molecule has 5 nitrogen and oxygen atoms in total. The number of nitrogens with zero attached hydrogens (tertiary/aromatic N) is 4. The van der Waals surface area contributed by atoms with Gasteiger partial charge in [-0.2, -0.15) is 0 Å². The van der Waals surface area contributed by atoms with Crippen molar-refractivity contribution in [2.45, 2.75) is 38.9 Å². The number of rotatable bonds is 8. The summed E-state index contributed by atoms with van der Waals surface area (Å²) in [5, 5.41) is 0. The summed E-state index contributed by atoms with van der Waals surface area (Å²) >= 11 is 0.